The molecule has 1 aliphatic rings. The van der Waals surface area contributed by atoms with Gasteiger partial charge in [0.15, 0.2) is 5.82 Å². The second-order valence-electron chi connectivity index (χ2n) is 14.5. The van der Waals surface area contributed by atoms with Crippen molar-refractivity contribution < 1.29 is 4.42 Å². The van der Waals surface area contributed by atoms with Crippen LogP contribution >= 0.6 is 0 Å². The second-order valence-corrected chi connectivity index (χ2v) is 14.5. The highest BCUT2D eigenvalue weighted by molar-refractivity contribution is 6.29. The molecular formula is C49H33N3O. The molecule has 0 N–H and O–H groups in total. The average molecular weight is 680 g/mol. The van der Waals surface area contributed by atoms with Crippen LogP contribution in [0.1, 0.15) is 25.0 Å². The highest BCUT2D eigenvalue weighted by Crippen LogP contribution is 2.57. The molecule has 3 aromatic heterocycles. The minimum atomic E-state index is -0.226. The Morgan fingerprint density at radius 1 is 0.547 bits per heavy atom. The first-order valence-corrected chi connectivity index (χ1v) is 18.2. The fourth-order valence-corrected chi connectivity index (χ4v) is 8.81. The summed E-state index contributed by atoms with van der Waals surface area (Å²) in [5.74, 6) is 0.708. The summed E-state index contributed by atoms with van der Waals surface area (Å²) < 4.78 is 9.33. The summed E-state index contributed by atoms with van der Waals surface area (Å²) in [7, 11) is 0. The van der Waals surface area contributed by atoms with Crippen LogP contribution in [0.2, 0.25) is 0 Å². The van der Waals surface area contributed by atoms with Crippen LogP contribution in [0, 0.1) is 0 Å². The first-order valence-electron chi connectivity index (χ1n) is 18.2. The van der Waals surface area contributed by atoms with Gasteiger partial charge < -0.3 is 8.98 Å². The highest BCUT2D eigenvalue weighted by Gasteiger charge is 2.41. The summed E-state index contributed by atoms with van der Waals surface area (Å²) in [5.41, 5.74) is 15.2. The predicted molar refractivity (Wildman–Crippen MR) is 218 cm³/mol. The Kier molecular flexibility index (Phi) is 6.27. The van der Waals surface area contributed by atoms with E-state index in [0.29, 0.717) is 5.82 Å². The largest absolute Gasteiger partial charge is 0.455 e. The first kappa shape index (κ1) is 29.9. The van der Waals surface area contributed by atoms with E-state index in [1.54, 1.807) is 0 Å². The lowest BCUT2D eigenvalue weighted by Crippen LogP contribution is -2.15. The average Bonchev–Trinajstić information content (AvgIpc) is 3.84. The number of furan rings is 1. The molecule has 250 valence electrons. The number of aromatic nitrogens is 3. The van der Waals surface area contributed by atoms with Crippen molar-refractivity contribution in [2.45, 2.75) is 19.3 Å². The van der Waals surface area contributed by atoms with Gasteiger partial charge in [-0.15, -0.1) is 0 Å². The van der Waals surface area contributed by atoms with E-state index in [1.807, 2.05) is 24.3 Å². The van der Waals surface area contributed by atoms with Gasteiger partial charge in [-0.25, -0.2) is 9.97 Å². The Balaban J connectivity index is 1.18. The summed E-state index contributed by atoms with van der Waals surface area (Å²) in [5, 5.41) is 4.71. The molecule has 4 heteroatoms. The van der Waals surface area contributed by atoms with Gasteiger partial charge in [0.05, 0.1) is 27.8 Å². The molecule has 53 heavy (non-hydrogen) atoms. The molecule has 10 aromatic rings. The molecule has 0 spiro atoms. The van der Waals surface area contributed by atoms with Crippen molar-refractivity contribution in [3.8, 4) is 50.7 Å². The molecule has 4 nitrogen and oxygen atoms in total. The quantitative estimate of drug-likeness (QED) is 0.186. The van der Waals surface area contributed by atoms with Crippen molar-refractivity contribution in [3.05, 3.63) is 175 Å². The van der Waals surface area contributed by atoms with E-state index in [-0.39, 0.29) is 5.41 Å². The van der Waals surface area contributed by atoms with Gasteiger partial charge in [-0.05, 0) is 47.0 Å². The van der Waals surface area contributed by atoms with Crippen LogP contribution in [0.4, 0.5) is 0 Å². The lowest BCUT2D eigenvalue weighted by molar-refractivity contribution is 0.659. The van der Waals surface area contributed by atoms with Crippen molar-refractivity contribution in [1.82, 2.24) is 14.5 Å². The van der Waals surface area contributed by atoms with Gasteiger partial charge in [-0.2, -0.15) is 0 Å². The van der Waals surface area contributed by atoms with Crippen LogP contribution < -0.4 is 0 Å². The summed E-state index contributed by atoms with van der Waals surface area (Å²) in [4.78, 5) is 10.1. The maximum absolute atomic E-state index is 6.89. The van der Waals surface area contributed by atoms with E-state index in [0.717, 1.165) is 61.2 Å². The fourth-order valence-electron chi connectivity index (χ4n) is 8.81. The Morgan fingerprint density at radius 3 is 1.91 bits per heavy atom. The van der Waals surface area contributed by atoms with E-state index in [4.69, 9.17) is 14.4 Å². The number of para-hydroxylation sites is 2. The number of nitrogens with zero attached hydrogens (tertiary/aromatic N) is 3. The molecule has 0 bridgehead atoms. The van der Waals surface area contributed by atoms with Crippen LogP contribution in [0.15, 0.2) is 168 Å². The van der Waals surface area contributed by atoms with Gasteiger partial charge in [0, 0.05) is 49.5 Å². The molecule has 7 aromatic carbocycles. The van der Waals surface area contributed by atoms with Gasteiger partial charge in [0.1, 0.15) is 11.2 Å². The summed E-state index contributed by atoms with van der Waals surface area (Å²) in [6, 6.07) is 57.7. The second kappa shape index (κ2) is 11.1. The van der Waals surface area contributed by atoms with Crippen LogP contribution in [-0.2, 0) is 5.41 Å². The maximum Gasteiger partial charge on any atom is 0.160 e. The third kappa shape index (κ3) is 4.30. The number of benzene rings is 7. The molecule has 0 aliphatic heterocycles. The zero-order chi connectivity index (χ0) is 35.3. The lowest BCUT2D eigenvalue weighted by Gasteiger charge is -2.22. The van der Waals surface area contributed by atoms with Crippen molar-refractivity contribution in [2.75, 3.05) is 0 Å². The van der Waals surface area contributed by atoms with Crippen molar-refractivity contribution in [2.24, 2.45) is 0 Å². The van der Waals surface area contributed by atoms with Gasteiger partial charge in [-0.1, -0.05) is 147 Å². The van der Waals surface area contributed by atoms with Crippen molar-refractivity contribution in [3.63, 3.8) is 0 Å². The fraction of sp³-hybridized carbons (Fsp3) is 0.0612. The van der Waals surface area contributed by atoms with Gasteiger partial charge in [0.2, 0.25) is 0 Å². The van der Waals surface area contributed by atoms with Crippen LogP contribution in [-0.4, -0.2) is 14.5 Å². The Morgan fingerprint density at radius 2 is 1.15 bits per heavy atom. The number of rotatable bonds is 4. The Bertz CT molecular complexity index is 3000. The van der Waals surface area contributed by atoms with E-state index in [9.17, 15) is 0 Å². The van der Waals surface area contributed by atoms with E-state index < -0.39 is 0 Å². The minimum absolute atomic E-state index is 0.226. The smallest absolute Gasteiger partial charge is 0.160 e. The molecule has 0 saturated heterocycles. The SMILES string of the molecule is CC1(C)c2ccccc2-c2c1c1c3ccccc3oc1c1c3ccccc3n(-c3ccc(-c4cc(-c5ccccc5)nc(-c5ccccc5)n4)cc3)c21. The normalized spacial score (nSPS) is 13.2. The minimum Gasteiger partial charge on any atom is -0.455 e. The van der Waals surface area contributed by atoms with Crippen LogP contribution in [0.3, 0.4) is 0 Å². The third-order valence-electron chi connectivity index (χ3n) is 11.2. The molecule has 3 heterocycles. The molecule has 0 amide bonds. The van der Waals surface area contributed by atoms with Crippen LogP contribution in [0.25, 0.3) is 94.5 Å². The summed E-state index contributed by atoms with van der Waals surface area (Å²) in [6.07, 6.45) is 0. The maximum atomic E-state index is 6.89. The van der Waals surface area contributed by atoms with Gasteiger partial charge in [-0.3, -0.25) is 0 Å². The number of hydrogen-bond donors (Lipinski definition) is 0. The zero-order valence-corrected chi connectivity index (χ0v) is 29.3. The molecule has 0 atom stereocenters. The first-order chi connectivity index (χ1) is 26.1. The van der Waals surface area contributed by atoms with E-state index in [2.05, 4.69) is 158 Å². The lowest BCUT2D eigenvalue weighted by atomic mass is 9.80. The number of fused-ring (bicyclic) bond motifs is 12. The van der Waals surface area contributed by atoms with E-state index >= 15 is 0 Å². The monoisotopic (exact) mass is 679 g/mol. The molecule has 0 unspecified atom stereocenters. The molecular weight excluding hydrogens is 647 g/mol. The van der Waals surface area contributed by atoms with E-state index in [1.165, 1.54) is 38.5 Å². The molecule has 0 radical (unpaired) electrons. The third-order valence-corrected chi connectivity index (χ3v) is 11.2. The topological polar surface area (TPSA) is 43.9 Å². The van der Waals surface area contributed by atoms with Crippen molar-refractivity contribution in [1.29, 1.82) is 0 Å². The van der Waals surface area contributed by atoms with Crippen molar-refractivity contribution >= 4 is 43.7 Å². The number of hydrogen-bond acceptors (Lipinski definition) is 3. The Hall–Kier alpha value is -6.78. The highest BCUT2D eigenvalue weighted by atomic mass is 16.3. The summed E-state index contributed by atoms with van der Waals surface area (Å²) >= 11 is 0. The van der Waals surface area contributed by atoms with Crippen LogP contribution in [0.5, 0.6) is 0 Å². The van der Waals surface area contributed by atoms with Gasteiger partial charge >= 0.3 is 0 Å². The predicted octanol–water partition coefficient (Wildman–Crippen LogP) is 12.8. The molecule has 1 aliphatic carbocycles. The zero-order valence-electron chi connectivity index (χ0n) is 29.3. The molecule has 11 rings (SSSR count). The Labute approximate surface area is 306 Å². The summed E-state index contributed by atoms with van der Waals surface area (Å²) in [6.45, 7) is 4.73. The standard InChI is InChI=1S/C49H33N3O/c1-49(2)37-22-12-9-19-34(37)42-45(49)43-36-21-11-14-24-41(36)53-47(43)44-35-20-10-13-23-40(35)52(46(42)44)33-27-25-31(26-28-33)39-29-38(30-15-5-3-6-16-30)50-48(51-39)32-17-7-4-8-18-32/h3-29H,1-2H3. The molecule has 0 fully saturated rings. The molecule has 0 saturated carbocycles. The van der Waals surface area contributed by atoms with Gasteiger partial charge in [0.25, 0.3) is 0 Å².